The zero-order chi connectivity index (χ0) is 16.8. The van der Waals surface area contributed by atoms with Crippen LogP contribution in [0.1, 0.15) is 23.2 Å². The van der Waals surface area contributed by atoms with Gasteiger partial charge in [-0.15, -0.1) is 0 Å². The molecule has 0 heterocycles. The summed E-state index contributed by atoms with van der Waals surface area (Å²) in [5, 5.41) is 11.8. The number of hydrogen-bond donors (Lipinski definition) is 3. The molecular weight excluding hydrogens is 296 g/mol. The fourth-order valence-corrected chi connectivity index (χ4v) is 2.13. The van der Waals surface area contributed by atoms with Gasteiger partial charge in [0, 0.05) is 0 Å². The van der Waals surface area contributed by atoms with E-state index >= 15 is 0 Å². The van der Waals surface area contributed by atoms with Crippen LogP contribution in [0.2, 0.25) is 0 Å². The third-order valence-corrected chi connectivity index (χ3v) is 3.42. The molecule has 0 aromatic heterocycles. The number of rotatable bonds is 6. The highest BCUT2D eigenvalue weighted by Crippen LogP contribution is 2.18. The number of carboxylic acid groups (broad SMARTS) is 1. The lowest BCUT2D eigenvalue weighted by Gasteiger charge is -2.18. The van der Waals surface area contributed by atoms with Crippen LogP contribution in [0.15, 0.2) is 54.6 Å². The number of carbonyl (C=O) groups excluding carboxylic acids is 1. The summed E-state index contributed by atoms with van der Waals surface area (Å²) in [6.45, 7) is 0. The minimum Gasteiger partial charge on any atom is -0.497 e. The molecule has 2 aromatic rings. The average molecular weight is 314 g/mol. The Morgan fingerprint density at radius 3 is 2.17 bits per heavy atom. The van der Waals surface area contributed by atoms with Crippen molar-refractivity contribution in [2.45, 2.75) is 12.1 Å². The molecule has 0 bridgehead atoms. The van der Waals surface area contributed by atoms with Crippen molar-refractivity contribution in [1.29, 1.82) is 0 Å². The smallest absolute Gasteiger partial charge is 0.330 e. The van der Waals surface area contributed by atoms with Crippen molar-refractivity contribution in [3.05, 3.63) is 65.7 Å². The summed E-state index contributed by atoms with van der Waals surface area (Å²) in [6, 6.07) is 13.1. The van der Waals surface area contributed by atoms with E-state index < -0.39 is 24.0 Å². The molecule has 4 N–H and O–H groups in total. The van der Waals surface area contributed by atoms with E-state index in [1.54, 1.807) is 61.7 Å². The molecule has 0 aliphatic heterocycles. The quantitative estimate of drug-likeness (QED) is 0.752. The molecule has 2 atom stereocenters. The predicted molar refractivity (Wildman–Crippen MR) is 84.9 cm³/mol. The molecule has 0 saturated carbocycles. The number of amides is 1. The molecule has 0 saturated heterocycles. The Morgan fingerprint density at radius 2 is 1.65 bits per heavy atom. The molecular formula is C17H18N2O4. The maximum atomic E-state index is 12.3. The Morgan fingerprint density at radius 1 is 1.04 bits per heavy atom. The van der Waals surface area contributed by atoms with Crippen LogP contribution < -0.4 is 15.8 Å². The molecule has 0 spiro atoms. The summed E-state index contributed by atoms with van der Waals surface area (Å²) < 4.78 is 5.04. The number of carboxylic acids is 1. The average Bonchev–Trinajstić information content (AvgIpc) is 2.59. The van der Waals surface area contributed by atoms with Crippen LogP contribution in [0.4, 0.5) is 0 Å². The minimum absolute atomic E-state index is 0.482. The Labute approximate surface area is 133 Å². The van der Waals surface area contributed by atoms with Crippen LogP contribution in [-0.2, 0) is 9.59 Å². The molecule has 0 radical (unpaired) electrons. The third-order valence-electron chi connectivity index (χ3n) is 3.42. The molecule has 6 nitrogen and oxygen atoms in total. The van der Waals surface area contributed by atoms with Crippen LogP contribution in [0.25, 0.3) is 0 Å². The Kier molecular flexibility index (Phi) is 5.32. The summed E-state index contributed by atoms with van der Waals surface area (Å²) in [4.78, 5) is 23.7. The predicted octanol–water partition coefficient (Wildman–Crippen LogP) is 1.64. The number of hydrogen-bond acceptors (Lipinski definition) is 4. The lowest BCUT2D eigenvalue weighted by molar-refractivity contribution is -0.142. The second kappa shape index (κ2) is 7.42. The number of nitrogens with two attached hydrogens (primary N) is 1. The normalized spacial score (nSPS) is 13.0. The van der Waals surface area contributed by atoms with Gasteiger partial charge in [-0.05, 0) is 23.3 Å². The number of carbonyl (C=O) groups is 2. The molecule has 120 valence electrons. The molecule has 0 fully saturated rings. The Hall–Kier alpha value is -2.86. The highest BCUT2D eigenvalue weighted by Gasteiger charge is 2.25. The van der Waals surface area contributed by atoms with Crippen LogP contribution in [0, 0.1) is 0 Å². The van der Waals surface area contributed by atoms with Gasteiger partial charge in [0.05, 0.1) is 7.11 Å². The lowest BCUT2D eigenvalue weighted by atomic mass is 10.0. The van der Waals surface area contributed by atoms with Crippen molar-refractivity contribution in [3.63, 3.8) is 0 Å². The minimum atomic E-state index is -1.15. The van der Waals surface area contributed by atoms with Crippen molar-refractivity contribution < 1.29 is 19.4 Å². The first-order valence-electron chi connectivity index (χ1n) is 7.00. The van der Waals surface area contributed by atoms with Gasteiger partial charge in [-0.25, -0.2) is 4.79 Å². The van der Waals surface area contributed by atoms with E-state index in [-0.39, 0.29) is 0 Å². The van der Waals surface area contributed by atoms with Crippen molar-refractivity contribution in [3.8, 4) is 5.75 Å². The van der Waals surface area contributed by atoms with E-state index in [4.69, 9.17) is 10.5 Å². The lowest BCUT2D eigenvalue weighted by Crippen LogP contribution is -2.39. The fraction of sp³-hybridized carbons (Fsp3) is 0.176. The first kappa shape index (κ1) is 16.5. The zero-order valence-electron chi connectivity index (χ0n) is 12.6. The molecule has 2 unspecified atom stereocenters. The first-order chi connectivity index (χ1) is 11.0. The van der Waals surface area contributed by atoms with E-state index in [0.29, 0.717) is 16.9 Å². The summed E-state index contributed by atoms with van der Waals surface area (Å²) in [6.07, 6.45) is 0. The van der Waals surface area contributed by atoms with Gasteiger partial charge in [0.2, 0.25) is 5.91 Å². The fourth-order valence-electron chi connectivity index (χ4n) is 2.13. The van der Waals surface area contributed by atoms with Crippen LogP contribution in [0.3, 0.4) is 0 Å². The number of benzene rings is 2. The maximum absolute atomic E-state index is 12.3. The van der Waals surface area contributed by atoms with Gasteiger partial charge < -0.3 is 20.9 Å². The summed E-state index contributed by atoms with van der Waals surface area (Å²) in [5.41, 5.74) is 6.96. The SMILES string of the molecule is COc1ccc(C(N)C(=O)NC(C(=O)O)c2ccccc2)cc1. The Balaban J connectivity index is 2.13. The summed E-state index contributed by atoms with van der Waals surface area (Å²) >= 11 is 0. The summed E-state index contributed by atoms with van der Waals surface area (Å²) in [7, 11) is 1.54. The number of aliphatic carboxylic acids is 1. The van der Waals surface area contributed by atoms with Gasteiger partial charge in [-0.2, -0.15) is 0 Å². The zero-order valence-corrected chi connectivity index (χ0v) is 12.6. The van der Waals surface area contributed by atoms with Gasteiger partial charge in [0.25, 0.3) is 0 Å². The summed E-state index contributed by atoms with van der Waals surface area (Å²) in [5.74, 6) is -1.06. The largest absolute Gasteiger partial charge is 0.497 e. The molecule has 1 amide bonds. The molecule has 2 aromatic carbocycles. The Bertz CT molecular complexity index is 671. The van der Waals surface area contributed by atoms with E-state index in [0.717, 1.165) is 0 Å². The highest BCUT2D eigenvalue weighted by molar-refractivity contribution is 5.88. The highest BCUT2D eigenvalue weighted by atomic mass is 16.5. The van der Waals surface area contributed by atoms with Crippen LogP contribution in [0.5, 0.6) is 5.75 Å². The molecule has 23 heavy (non-hydrogen) atoms. The molecule has 6 heteroatoms. The van der Waals surface area contributed by atoms with Crippen molar-refractivity contribution >= 4 is 11.9 Å². The van der Waals surface area contributed by atoms with E-state index in [9.17, 15) is 14.7 Å². The van der Waals surface area contributed by atoms with Crippen LogP contribution in [-0.4, -0.2) is 24.1 Å². The number of ether oxygens (including phenoxy) is 1. The second-order valence-electron chi connectivity index (χ2n) is 4.94. The molecule has 2 rings (SSSR count). The third kappa shape index (κ3) is 4.08. The van der Waals surface area contributed by atoms with E-state index in [1.165, 1.54) is 0 Å². The molecule has 0 aliphatic rings. The van der Waals surface area contributed by atoms with Gasteiger partial charge in [0.1, 0.15) is 11.8 Å². The van der Waals surface area contributed by atoms with Crippen LogP contribution >= 0.6 is 0 Å². The molecule has 0 aliphatic carbocycles. The monoisotopic (exact) mass is 314 g/mol. The number of methoxy groups -OCH3 is 1. The second-order valence-corrected chi connectivity index (χ2v) is 4.94. The van der Waals surface area contributed by atoms with Crippen molar-refractivity contribution in [1.82, 2.24) is 5.32 Å². The van der Waals surface area contributed by atoms with Gasteiger partial charge in [-0.3, -0.25) is 4.79 Å². The van der Waals surface area contributed by atoms with Gasteiger partial charge >= 0.3 is 5.97 Å². The van der Waals surface area contributed by atoms with E-state index in [1.807, 2.05) is 0 Å². The van der Waals surface area contributed by atoms with Gasteiger partial charge in [-0.1, -0.05) is 42.5 Å². The standard InChI is InChI=1S/C17H18N2O4/c1-23-13-9-7-11(8-10-13)14(18)16(20)19-15(17(21)22)12-5-3-2-4-6-12/h2-10,14-15H,18H2,1H3,(H,19,20)(H,21,22). The van der Waals surface area contributed by atoms with Crippen molar-refractivity contribution in [2.24, 2.45) is 5.73 Å². The van der Waals surface area contributed by atoms with E-state index in [2.05, 4.69) is 5.32 Å². The first-order valence-corrected chi connectivity index (χ1v) is 7.00. The van der Waals surface area contributed by atoms with Crippen molar-refractivity contribution in [2.75, 3.05) is 7.11 Å². The topological polar surface area (TPSA) is 102 Å². The van der Waals surface area contributed by atoms with Gasteiger partial charge in [0.15, 0.2) is 6.04 Å². The number of nitrogens with one attached hydrogen (secondary N) is 1. The maximum Gasteiger partial charge on any atom is 0.330 e.